The Morgan fingerprint density at radius 3 is 2.65 bits per heavy atom. The Bertz CT molecular complexity index is 1390. The van der Waals surface area contributed by atoms with Crippen LogP contribution in [0.25, 0.3) is 31.8 Å². The molecule has 34 heavy (non-hydrogen) atoms. The third-order valence-corrected chi connectivity index (χ3v) is 6.26. The lowest BCUT2D eigenvalue weighted by Crippen LogP contribution is -2.34. The Kier molecular flexibility index (Phi) is 6.51. The predicted octanol–water partition coefficient (Wildman–Crippen LogP) is 6.94. The van der Waals surface area contributed by atoms with E-state index >= 15 is 0 Å². The fourth-order valence-corrected chi connectivity index (χ4v) is 4.80. The molecule has 1 amide bonds. The van der Waals surface area contributed by atoms with Gasteiger partial charge in [0.1, 0.15) is 11.3 Å². The molecule has 0 aliphatic rings. The standard InChI is InChI=1S/C24H21ClF2N4O2S/c1-12(30-23(32)33-24(2,3)4)16-10-28-19(27)9-15(16)14-7-5-6-13-8-18(34-21(13)14)20-17(26)11-29-22(25)31-20/h5-12H,1-4H3,(H,30,32). The number of pyridine rings is 1. The average Bonchev–Trinajstić information content (AvgIpc) is 3.18. The van der Waals surface area contributed by atoms with E-state index in [1.54, 1.807) is 33.8 Å². The summed E-state index contributed by atoms with van der Waals surface area (Å²) in [6, 6.07) is 8.13. The van der Waals surface area contributed by atoms with Crippen LogP contribution in [0.2, 0.25) is 5.28 Å². The van der Waals surface area contributed by atoms with Gasteiger partial charge in [0.05, 0.1) is 17.1 Å². The molecule has 4 rings (SSSR count). The van der Waals surface area contributed by atoms with Gasteiger partial charge in [-0.15, -0.1) is 11.3 Å². The van der Waals surface area contributed by atoms with Gasteiger partial charge in [-0.2, -0.15) is 4.39 Å². The first-order chi connectivity index (χ1) is 16.0. The largest absolute Gasteiger partial charge is 0.444 e. The van der Waals surface area contributed by atoms with E-state index in [0.717, 1.165) is 16.3 Å². The van der Waals surface area contributed by atoms with Gasteiger partial charge in [-0.25, -0.2) is 24.1 Å². The summed E-state index contributed by atoms with van der Waals surface area (Å²) in [7, 11) is 0. The van der Waals surface area contributed by atoms with Crippen molar-refractivity contribution in [3.8, 4) is 21.7 Å². The number of carbonyl (C=O) groups is 1. The molecule has 0 fully saturated rings. The molecule has 3 heterocycles. The van der Waals surface area contributed by atoms with Crippen LogP contribution < -0.4 is 5.32 Å². The fourth-order valence-electron chi connectivity index (χ4n) is 3.49. The Hall–Kier alpha value is -3.17. The second-order valence-corrected chi connectivity index (χ2v) is 10.0. The lowest BCUT2D eigenvalue weighted by molar-refractivity contribution is 0.0508. The van der Waals surface area contributed by atoms with Crippen LogP contribution in [-0.4, -0.2) is 26.6 Å². The van der Waals surface area contributed by atoms with Crippen molar-refractivity contribution in [2.24, 2.45) is 0 Å². The van der Waals surface area contributed by atoms with Crippen molar-refractivity contribution in [1.82, 2.24) is 20.3 Å². The maximum Gasteiger partial charge on any atom is 0.408 e. The second-order valence-electron chi connectivity index (χ2n) is 8.63. The summed E-state index contributed by atoms with van der Waals surface area (Å²) in [5.41, 5.74) is 1.30. The number of halogens is 3. The van der Waals surface area contributed by atoms with Crippen LogP contribution in [0.3, 0.4) is 0 Å². The van der Waals surface area contributed by atoms with Crippen molar-refractivity contribution in [1.29, 1.82) is 0 Å². The van der Waals surface area contributed by atoms with Gasteiger partial charge in [0, 0.05) is 28.1 Å². The van der Waals surface area contributed by atoms with Crippen molar-refractivity contribution in [3.63, 3.8) is 0 Å². The molecule has 1 unspecified atom stereocenters. The first-order valence-electron chi connectivity index (χ1n) is 10.4. The molecule has 0 aliphatic heterocycles. The molecule has 0 saturated carbocycles. The predicted molar refractivity (Wildman–Crippen MR) is 129 cm³/mol. The van der Waals surface area contributed by atoms with E-state index in [4.69, 9.17) is 16.3 Å². The molecular formula is C24H21ClF2N4O2S. The first-order valence-corrected chi connectivity index (χ1v) is 11.6. The number of thiophene rings is 1. The number of nitrogens with one attached hydrogen (secondary N) is 1. The van der Waals surface area contributed by atoms with Gasteiger partial charge in [-0.05, 0) is 56.3 Å². The van der Waals surface area contributed by atoms with Crippen LogP contribution in [-0.2, 0) is 4.74 Å². The number of aromatic nitrogens is 3. The highest BCUT2D eigenvalue weighted by Crippen LogP contribution is 2.41. The molecule has 1 aromatic carbocycles. The van der Waals surface area contributed by atoms with Gasteiger partial charge >= 0.3 is 6.09 Å². The van der Waals surface area contributed by atoms with E-state index in [0.29, 0.717) is 21.6 Å². The maximum absolute atomic E-state index is 14.4. The highest BCUT2D eigenvalue weighted by molar-refractivity contribution is 7.22. The van der Waals surface area contributed by atoms with Crippen molar-refractivity contribution >= 4 is 39.1 Å². The molecule has 0 bridgehead atoms. The van der Waals surface area contributed by atoms with E-state index in [2.05, 4.69) is 20.3 Å². The van der Waals surface area contributed by atoms with Crippen LogP contribution in [0.15, 0.2) is 42.7 Å². The minimum absolute atomic E-state index is 0.0605. The van der Waals surface area contributed by atoms with Crippen LogP contribution in [0.4, 0.5) is 13.6 Å². The van der Waals surface area contributed by atoms with Gasteiger partial charge in [0.15, 0.2) is 5.82 Å². The molecule has 0 saturated heterocycles. The second kappa shape index (κ2) is 9.23. The minimum Gasteiger partial charge on any atom is -0.444 e. The summed E-state index contributed by atoms with van der Waals surface area (Å²) in [4.78, 5) is 24.3. The number of hydrogen-bond donors (Lipinski definition) is 1. The lowest BCUT2D eigenvalue weighted by atomic mass is 9.96. The van der Waals surface area contributed by atoms with Gasteiger partial charge in [0.25, 0.3) is 0 Å². The summed E-state index contributed by atoms with van der Waals surface area (Å²) in [5.74, 6) is -1.26. The quantitative estimate of drug-likeness (QED) is 0.241. The lowest BCUT2D eigenvalue weighted by Gasteiger charge is -2.23. The first kappa shape index (κ1) is 24.0. The van der Waals surface area contributed by atoms with Crippen molar-refractivity contribution < 1.29 is 18.3 Å². The topological polar surface area (TPSA) is 77.0 Å². The molecular weight excluding hydrogens is 482 g/mol. The third kappa shape index (κ3) is 5.15. The molecule has 1 N–H and O–H groups in total. The van der Waals surface area contributed by atoms with E-state index < -0.39 is 29.5 Å². The Labute approximate surface area is 204 Å². The number of fused-ring (bicyclic) bond motifs is 1. The molecule has 176 valence electrons. The van der Waals surface area contributed by atoms with Gasteiger partial charge in [0.2, 0.25) is 11.2 Å². The van der Waals surface area contributed by atoms with Crippen molar-refractivity contribution in [2.45, 2.75) is 39.3 Å². The number of benzene rings is 1. The van der Waals surface area contributed by atoms with Gasteiger partial charge in [-0.1, -0.05) is 18.2 Å². The van der Waals surface area contributed by atoms with Gasteiger partial charge < -0.3 is 10.1 Å². The monoisotopic (exact) mass is 502 g/mol. The molecule has 0 aliphatic carbocycles. The van der Waals surface area contributed by atoms with Crippen LogP contribution in [0.5, 0.6) is 0 Å². The smallest absolute Gasteiger partial charge is 0.408 e. The summed E-state index contributed by atoms with van der Waals surface area (Å²) in [6.07, 6.45) is 1.82. The highest BCUT2D eigenvalue weighted by atomic mass is 35.5. The van der Waals surface area contributed by atoms with Crippen molar-refractivity contribution in [3.05, 3.63) is 65.3 Å². The highest BCUT2D eigenvalue weighted by Gasteiger charge is 2.22. The fraction of sp³-hybridized carbons (Fsp3) is 0.250. The SMILES string of the molecule is CC(NC(=O)OC(C)(C)C)c1cnc(F)cc1-c1cccc2cc(-c3nc(Cl)ncc3F)sc12. The molecule has 10 heteroatoms. The van der Waals surface area contributed by atoms with E-state index in [1.165, 1.54) is 23.6 Å². The van der Waals surface area contributed by atoms with Crippen LogP contribution in [0, 0.1) is 11.8 Å². The molecule has 1 atom stereocenters. The Balaban J connectivity index is 1.79. The zero-order valence-corrected chi connectivity index (χ0v) is 20.4. The summed E-state index contributed by atoms with van der Waals surface area (Å²) in [6.45, 7) is 7.07. The maximum atomic E-state index is 14.4. The van der Waals surface area contributed by atoms with E-state index in [-0.39, 0.29) is 11.0 Å². The number of amides is 1. The number of alkyl carbamates (subject to hydrolysis) is 1. The normalized spacial score (nSPS) is 12.6. The third-order valence-electron chi connectivity index (χ3n) is 4.88. The number of nitrogens with zero attached hydrogens (tertiary/aromatic N) is 3. The Morgan fingerprint density at radius 1 is 1.15 bits per heavy atom. The Morgan fingerprint density at radius 2 is 1.91 bits per heavy atom. The average molecular weight is 503 g/mol. The van der Waals surface area contributed by atoms with Crippen molar-refractivity contribution in [2.75, 3.05) is 0 Å². The zero-order valence-electron chi connectivity index (χ0n) is 18.8. The molecule has 3 aromatic heterocycles. The molecule has 4 aromatic rings. The molecule has 6 nitrogen and oxygen atoms in total. The number of hydrogen-bond acceptors (Lipinski definition) is 6. The summed E-state index contributed by atoms with van der Waals surface area (Å²) >= 11 is 7.17. The van der Waals surface area contributed by atoms with Crippen LogP contribution >= 0.6 is 22.9 Å². The van der Waals surface area contributed by atoms with E-state index in [1.807, 2.05) is 18.2 Å². The molecule has 0 radical (unpaired) electrons. The minimum atomic E-state index is -0.661. The zero-order chi connectivity index (χ0) is 24.6. The molecule has 0 spiro atoms. The summed E-state index contributed by atoms with van der Waals surface area (Å²) < 4.78 is 34.8. The number of rotatable bonds is 4. The summed E-state index contributed by atoms with van der Waals surface area (Å²) in [5, 5.41) is 3.54. The number of ether oxygens (including phenoxy) is 1. The number of carbonyl (C=O) groups excluding carboxylic acids is 1. The van der Waals surface area contributed by atoms with E-state index in [9.17, 15) is 13.6 Å². The van der Waals surface area contributed by atoms with Crippen LogP contribution in [0.1, 0.15) is 39.3 Å². The van der Waals surface area contributed by atoms with Gasteiger partial charge in [-0.3, -0.25) is 0 Å².